The van der Waals surface area contributed by atoms with Crippen molar-refractivity contribution in [3.05, 3.63) is 70.7 Å². The second kappa shape index (κ2) is 11.6. The number of nitrogens with zero attached hydrogens (tertiary/aromatic N) is 1. The molecule has 156 valence electrons. The quantitative estimate of drug-likeness (QED) is 0.531. The highest BCUT2D eigenvalue weighted by Crippen LogP contribution is 2.26. The fourth-order valence-corrected chi connectivity index (χ4v) is 3.33. The Kier molecular flexibility index (Phi) is 9.20. The Bertz CT molecular complexity index is 775. The molecule has 0 saturated heterocycles. The summed E-state index contributed by atoms with van der Waals surface area (Å²) < 4.78 is 0. The van der Waals surface area contributed by atoms with Crippen LogP contribution in [-0.4, -0.2) is 23.3 Å². The van der Waals surface area contributed by atoms with Crippen LogP contribution in [0.25, 0.3) is 0 Å². The molecule has 0 fully saturated rings. The zero-order valence-electron chi connectivity index (χ0n) is 17.5. The average molecular weight is 415 g/mol. The zero-order chi connectivity index (χ0) is 21.2. The van der Waals surface area contributed by atoms with Gasteiger partial charge in [0.05, 0.1) is 0 Å². The van der Waals surface area contributed by atoms with Crippen LogP contribution >= 0.6 is 11.6 Å². The molecule has 0 aliphatic rings. The van der Waals surface area contributed by atoms with Crippen molar-refractivity contribution in [2.24, 2.45) is 5.92 Å². The molecule has 4 nitrogen and oxygen atoms in total. The Labute approximate surface area is 179 Å². The van der Waals surface area contributed by atoms with Crippen LogP contribution in [0.2, 0.25) is 5.02 Å². The predicted molar refractivity (Wildman–Crippen MR) is 119 cm³/mol. The molecule has 2 aromatic rings. The monoisotopic (exact) mass is 414 g/mol. The van der Waals surface area contributed by atoms with Crippen molar-refractivity contribution in [3.8, 4) is 0 Å². The molecule has 0 unspecified atom stereocenters. The summed E-state index contributed by atoms with van der Waals surface area (Å²) >= 11 is 6.01. The van der Waals surface area contributed by atoms with E-state index in [4.69, 9.17) is 11.6 Å². The Balaban J connectivity index is 2.35. The molecule has 0 aromatic heterocycles. The van der Waals surface area contributed by atoms with Gasteiger partial charge in [0.15, 0.2) is 0 Å². The molecule has 0 bridgehead atoms. The number of rotatable bonds is 10. The number of carbonyl (C=O) groups excluding carboxylic acids is 2. The van der Waals surface area contributed by atoms with Crippen molar-refractivity contribution in [1.29, 1.82) is 0 Å². The summed E-state index contributed by atoms with van der Waals surface area (Å²) in [6.45, 7) is 6.80. The van der Waals surface area contributed by atoms with Crippen molar-refractivity contribution in [3.63, 3.8) is 0 Å². The summed E-state index contributed by atoms with van der Waals surface area (Å²) in [5.41, 5.74) is 1.74. The second-order valence-electron chi connectivity index (χ2n) is 7.56. The van der Waals surface area contributed by atoms with E-state index in [1.165, 1.54) is 0 Å². The fraction of sp³-hybridized carbons (Fsp3) is 0.417. The lowest BCUT2D eigenvalue weighted by Gasteiger charge is -2.33. The first-order chi connectivity index (χ1) is 13.9. The number of unbranched alkanes of at least 4 members (excludes halogenated alkanes) is 2. The predicted octanol–water partition coefficient (Wildman–Crippen LogP) is 5.37. The van der Waals surface area contributed by atoms with Crippen LogP contribution < -0.4 is 5.32 Å². The van der Waals surface area contributed by atoms with Crippen LogP contribution in [0.4, 0.5) is 0 Å². The molecular weight excluding hydrogens is 384 g/mol. The molecule has 0 heterocycles. The minimum atomic E-state index is -0.677. The van der Waals surface area contributed by atoms with Crippen LogP contribution in [0.5, 0.6) is 0 Å². The van der Waals surface area contributed by atoms with Gasteiger partial charge in [0, 0.05) is 24.0 Å². The van der Waals surface area contributed by atoms with Crippen LogP contribution in [0.15, 0.2) is 54.6 Å². The van der Waals surface area contributed by atoms with Crippen molar-refractivity contribution < 1.29 is 9.59 Å². The van der Waals surface area contributed by atoms with E-state index in [1.54, 1.807) is 17.0 Å². The molecule has 0 aliphatic heterocycles. The van der Waals surface area contributed by atoms with Gasteiger partial charge >= 0.3 is 0 Å². The lowest BCUT2D eigenvalue weighted by Crippen LogP contribution is -2.45. The molecule has 29 heavy (non-hydrogen) atoms. The van der Waals surface area contributed by atoms with Gasteiger partial charge in [-0.25, -0.2) is 0 Å². The summed E-state index contributed by atoms with van der Waals surface area (Å²) in [5.74, 6) is -0.422. The van der Waals surface area contributed by atoms with Gasteiger partial charge in [0.2, 0.25) is 11.8 Å². The van der Waals surface area contributed by atoms with Gasteiger partial charge in [-0.1, -0.05) is 87.7 Å². The third-order valence-electron chi connectivity index (χ3n) is 4.80. The Morgan fingerprint density at radius 3 is 2.24 bits per heavy atom. The van der Waals surface area contributed by atoms with E-state index in [9.17, 15) is 9.59 Å². The summed E-state index contributed by atoms with van der Waals surface area (Å²) in [6, 6.07) is 16.2. The Hall–Kier alpha value is -2.33. The number of nitrogens with one attached hydrogen (secondary N) is 1. The first-order valence-electron chi connectivity index (χ1n) is 10.3. The normalized spacial score (nSPS) is 11.9. The third-order valence-corrected chi connectivity index (χ3v) is 5.05. The van der Waals surface area contributed by atoms with E-state index < -0.39 is 6.04 Å². The number of halogens is 1. The standard InChI is InChI=1S/C24H31ClN2O2/c1-4-5-9-16-26-23(28)22(20-10-7-6-8-11-20)27(24(29)18(2)3)17-19-12-14-21(25)15-13-19/h6-8,10-15,18,22H,4-5,9,16-17H2,1-3H3,(H,26,28)/t22-/m1/s1. The van der Waals surface area contributed by atoms with Crippen molar-refractivity contribution in [2.45, 2.75) is 52.6 Å². The van der Waals surface area contributed by atoms with E-state index >= 15 is 0 Å². The lowest BCUT2D eigenvalue weighted by molar-refractivity contribution is -0.144. The second-order valence-corrected chi connectivity index (χ2v) is 8.00. The molecule has 0 aliphatic carbocycles. The highest BCUT2D eigenvalue weighted by Gasteiger charge is 2.32. The number of hydrogen-bond acceptors (Lipinski definition) is 2. The first-order valence-corrected chi connectivity index (χ1v) is 10.7. The Morgan fingerprint density at radius 1 is 1.00 bits per heavy atom. The SMILES string of the molecule is CCCCCNC(=O)[C@@H](c1ccccc1)N(Cc1ccc(Cl)cc1)C(=O)C(C)C. The van der Waals surface area contributed by atoms with Crippen LogP contribution in [0.1, 0.15) is 57.2 Å². The first kappa shape index (κ1) is 23.0. The Morgan fingerprint density at radius 2 is 1.66 bits per heavy atom. The molecule has 0 spiro atoms. The minimum Gasteiger partial charge on any atom is -0.354 e. The average Bonchev–Trinajstić information content (AvgIpc) is 2.72. The van der Waals surface area contributed by atoms with Crippen molar-refractivity contribution >= 4 is 23.4 Å². The summed E-state index contributed by atoms with van der Waals surface area (Å²) in [6.07, 6.45) is 3.08. The summed E-state index contributed by atoms with van der Waals surface area (Å²) in [5, 5.41) is 3.67. The van der Waals surface area contributed by atoms with Gasteiger partial charge in [0.25, 0.3) is 0 Å². The van der Waals surface area contributed by atoms with Crippen LogP contribution in [-0.2, 0) is 16.1 Å². The van der Waals surface area contributed by atoms with E-state index in [0.29, 0.717) is 18.1 Å². The highest BCUT2D eigenvalue weighted by molar-refractivity contribution is 6.30. The molecule has 5 heteroatoms. The fourth-order valence-electron chi connectivity index (χ4n) is 3.21. The van der Waals surface area contributed by atoms with Gasteiger partial charge in [-0.3, -0.25) is 9.59 Å². The molecule has 1 N–H and O–H groups in total. The molecule has 0 saturated carbocycles. The number of amides is 2. The molecule has 1 atom stereocenters. The smallest absolute Gasteiger partial charge is 0.247 e. The molecule has 2 aromatic carbocycles. The molecule has 2 rings (SSSR count). The zero-order valence-corrected chi connectivity index (χ0v) is 18.3. The van der Waals surface area contributed by atoms with E-state index in [2.05, 4.69) is 12.2 Å². The molecular formula is C24H31ClN2O2. The maximum Gasteiger partial charge on any atom is 0.247 e. The van der Waals surface area contributed by atoms with Crippen LogP contribution in [0, 0.1) is 5.92 Å². The maximum atomic E-state index is 13.2. The largest absolute Gasteiger partial charge is 0.354 e. The van der Waals surface area contributed by atoms with E-state index in [-0.39, 0.29) is 17.7 Å². The number of carbonyl (C=O) groups is 2. The third kappa shape index (κ3) is 6.90. The van der Waals surface area contributed by atoms with Gasteiger partial charge in [-0.2, -0.15) is 0 Å². The van der Waals surface area contributed by atoms with Crippen molar-refractivity contribution in [1.82, 2.24) is 10.2 Å². The van der Waals surface area contributed by atoms with Crippen molar-refractivity contribution in [2.75, 3.05) is 6.54 Å². The van der Waals surface area contributed by atoms with Crippen LogP contribution in [0.3, 0.4) is 0 Å². The van der Waals surface area contributed by atoms with Gasteiger partial charge in [0.1, 0.15) is 6.04 Å². The molecule has 0 radical (unpaired) electrons. The van der Waals surface area contributed by atoms with Gasteiger partial charge in [-0.15, -0.1) is 0 Å². The summed E-state index contributed by atoms with van der Waals surface area (Å²) in [7, 11) is 0. The molecule has 2 amide bonds. The van der Waals surface area contributed by atoms with Gasteiger partial charge in [-0.05, 0) is 29.7 Å². The summed E-state index contributed by atoms with van der Waals surface area (Å²) in [4.78, 5) is 28.0. The van der Waals surface area contributed by atoms with E-state index in [1.807, 2.05) is 56.3 Å². The topological polar surface area (TPSA) is 49.4 Å². The number of hydrogen-bond donors (Lipinski definition) is 1. The number of benzene rings is 2. The highest BCUT2D eigenvalue weighted by atomic mass is 35.5. The van der Waals surface area contributed by atoms with Gasteiger partial charge < -0.3 is 10.2 Å². The maximum absolute atomic E-state index is 13.2. The van der Waals surface area contributed by atoms with E-state index in [0.717, 1.165) is 30.4 Å². The lowest BCUT2D eigenvalue weighted by atomic mass is 10.0. The minimum absolute atomic E-state index is 0.0579.